The van der Waals surface area contributed by atoms with Gasteiger partial charge >= 0.3 is 0 Å². The van der Waals surface area contributed by atoms with E-state index >= 15 is 0 Å². The smallest absolute Gasteiger partial charge is 0.211 e. The first kappa shape index (κ1) is 19.1. The number of hydrogen-bond acceptors (Lipinski definition) is 8. The number of fused-ring (bicyclic) bond motifs is 1. The number of thiazole rings is 1. The van der Waals surface area contributed by atoms with Crippen molar-refractivity contribution in [1.29, 1.82) is 0 Å². The predicted octanol–water partition coefficient (Wildman–Crippen LogP) is 3.51. The first-order valence-corrected chi connectivity index (χ1v) is 10.8. The van der Waals surface area contributed by atoms with E-state index < -0.39 is 0 Å². The molecule has 1 fully saturated rings. The molecule has 0 bridgehead atoms. The second-order valence-corrected chi connectivity index (χ2v) is 8.45. The number of aromatic nitrogens is 5. The van der Waals surface area contributed by atoms with Crippen molar-refractivity contribution in [2.24, 2.45) is 0 Å². The maximum atomic E-state index is 5.43. The lowest BCUT2D eigenvalue weighted by atomic mass is 10.2. The van der Waals surface area contributed by atoms with Crippen molar-refractivity contribution in [2.75, 3.05) is 18.5 Å². The van der Waals surface area contributed by atoms with Gasteiger partial charge in [0.15, 0.2) is 0 Å². The summed E-state index contributed by atoms with van der Waals surface area (Å²) in [5.41, 5.74) is 4.12. The van der Waals surface area contributed by atoms with Gasteiger partial charge in [-0.3, -0.25) is 0 Å². The Kier molecular flexibility index (Phi) is 5.16. The molecule has 0 amide bonds. The lowest BCUT2D eigenvalue weighted by Crippen LogP contribution is -2.29. The summed E-state index contributed by atoms with van der Waals surface area (Å²) in [4.78, 5) is 14.0. The normalized spacial score (nSPS) is 16.4. The van der Waals surface area contributed by atoms with Gasteiger partial charge in [0.1, 0.15) is 11.6 Å². The lowest BCUT2D eigenvalue weighted by molar-refractivity contribution is 0.189. The Bertz CT molecular complexity index is 1180. The fourth-order valence-corrected chi connectivity index (χ4v) is 4.37. The van der Waals surface area contributed by atoms with E-state index in [1.165, 1.54) is 0 Å². The average molecular weight is 422 g/mol. The van der Waals surface area contributed by atoms with E-state index in [1.54, 1.807) is 17.5 Å². The molecule has 0 aliphatic carbocycles. The van der Waals surface area contributed by atoms with Crippen molar-refractivity contribution < 1.29 is 4.74 Å². The predicted molar refractivity (Wildman–Crippen MR) is 118 cm³/mol. The van der Waals surface area contributed by atoms with Crippen LogP contribution in [0.4, 0.5) is 11.6 Å². The molecule has 30 heavy (non-hydrogen) atoms. The number of ether oxygens (including phenoxy) is 1. The Labute approximate surface area is 178 Å². The number of pyridine rings is 2. The van der Waals surface area contributed by atoms with Gasteiger partial charge in [-0.1, -0.05) is 17.4 Å². The summed E-state index contributed by atoms with van der Waals surface area (Å²) in [6.07, 6.45) is 4.67. The number of nitrogens with one attached hydrogen (secondary N) is 2. The van der Waals surface area contributed by atoms with Crippen LogP contribution in [0.25, 0.3) is 15.3 Å². The van der Waals surface area contributed by atoms with Gasteiger partial charge in [-0.2, -0.15) is 5.10 Å². The van der Waals surface area contributed by atoms with E-state index in [4.69, 9.17) is 14.7 Å². The molecule has 5 heterocycles. The van der Waals surface area contributed by atoms with Crippen LogP contribution in [0.3, 0.4) is 0 Å². The maximum absolute atomic E-state index is 5.43. The lowest BCUT2D eigenvalue weighted by Gasteiger charge is -2.13. The molecule has 9 heteroatoms. The van der Waals surface area contributed by atoms with E-state index in [2.05, 4.69) is 33.7 Å². The van der Waals surface area contributed by atoms with Crippen molar-refractivity contribution in [1.82, 2.24) is 30.0 Å². The van der Waals surface area contributed by atoms with Gasteiger partial charge in [0.25, 0.3) is 0 Å². The van der Waals surface area contributed by atoms with Gasteiger partial charge in [-0.05, 0) is 38.0 Å². The van der Waals surface area contributed by atoms with E-state index in [0.29, 0.717) is 6.04 Å². The highest BCUT2D eigenvalue weighted by molar-refractivity contribution is 7.20. The van der Waals surface area contributed by atoms with Gasteiger partial charge in [0.05, 0.1) is 22.5 Å². The third-order valence-electron chi connectivity index (χ3n) is 5.22. The summed E-state index contributed by atoms with van der Waals surface area (Å²) in [7, 11) is 0. The van der Waals surface area contributed by atoms with Gasteiger partial charge in [-0.25, -0.2) is 19.6 Å². The second-order valence-electron chi connectivity index (χ2n) is 7.44. The third-order valence-corrected chi connectivity index (χ3v) is 6.20. The molecule has 1 aliphatic rings. The molecule has 0 aromatic carbocycles. The fraction of sp³-hybridized carbons (Fsp3) is 0.333. The molecule has 0 saturated carbocycles. The van der Waals surface area contributed by atoms with E-state index in [0.717, 1.165) is 70.1 Å². The van der Waals surface area contributed by atoms with Crippen molar-refractivity contribution in [2.45, 2.75) is 32.9 Å². The molecule has 2 N–H and O–H groups in total. The number of hydrogen-bond donors (Lipinski definition) is 2. The highest BCUT2D eigenvalue weighted by Gasteiger charge is 2.15. The Balaban J connectivity index is 1.34. The van der Waals surface area contributed by atoms with Crippen LogP contribution in [0.5, 0.6) is 0 Å². The zero-order valence-corrected chi connectivity index (χ0v) is 17.7. The molecule has 5 rings (SSSR count). The van der Waals surface area contributed by atoms with Crippen molar-refractivity contribution >= 4 is 33.2 Å². The standard InChI is InChI=1S/C21H23N7OS/c1-13-3-4-19(25-17(13)10-22-15-6-8-29-12-15)27-20-9-16-18(11-23-20)30-21(26-16)28-14(2)5-7-24-28/h3-5,7,9,11,15,22H,6,8,10,12H2,1-2H3,(H,23,25,27)/t15-/m1/s1. The van der Waals surface area contributed by atoms with Gasteiger partial charge in [-0.15, -0.1) is 0 Å². The summed E-state index contributed by atoms with van der Waals surface area (Å²) >= 11 is 1.57. The van der Waals surface area contributed by atoms with E-state index in [-0.39, 0.29) is 0 Å². The Hall–Kier alpha value is -2.88. The Morgan fingerprint density at radius 1 is 1.20 bits per heavy atom. The topological polar surface area (TPSA) is 89.8 Å². The van der Waals surface area contributed by atoms with Crippen LogP contribution in [0.1, 0.15) is 23.4 Å². The number of rotatable bonds is 6. The van der Waals surface area contributed by atoms with Gasteiger partial charge < -0.3 is 15.4 Å². The van der Waals surface area contributed by atoms with Crippen molar-refractivity contribution in [3.8, 4) is 5.13 Å². The fourth-order valence-electron chi connectivity index (χ4n) is 3.44. The van der Waals surface area contributed by atoms with Crippen LogP contribution in [0.2, 0.25) is 0 Å². The van der Waals surface area contributed by atoms with Crippen LogP contribution in [-0.4, -0.2) is 44.0 Å². The van der Waals surface area contributed by atoms with Crippen molar-refractivity contribution in [3.63, 3.8) is 0 Å². The minimum Gasteiger partial charge on any atom is -0.380 e. The molecule has 154 valence electrons. The molecule has 0 unspecified atom stereocenters. The zero-order chi connectivity index (χ0) is 20.5. The largest absolute Gasteiger partial charge is 0.380 e. The zero-order valence-electron chi connectivity index (χ0n) is 16.9. The van der Waals surface area contributed by atoms with Crippen LogP contribution in [-0.2, 0) is 11.3 Å². The van der Waals surface area contributed by atoms with Crippen molar-refractivity contribution in [3.05, 3.63) is 53.6 Å². The molecule has 4 aromatic heterocycles. The quantitative estimate of drug-likeness (QED) is 0.492. The first-order valence-electron chi connectivity index (χ1n) is 9.98. The molecule has 1 saturated heterocycles. The Morgan fingerprint density at radius 3 is 2.93 bits per heavy atom. The van der Waals surface area contributed by atoms with E-state index in [9.17, 15) is 0 Å². The summed E-state index contributed by atoms with van der Waals surface area (Å²) in [6, 6.07) is 8.38. The summed E-state index contributed by atoms with van der Waals surface area (Å²) in [5.74, 6) is 1.49. The Morgan fingerprint density at radius 2 is 2.13 bits per heavy atom. The highest BCUT2D eigenvalue weighted by Crippen LogP contribution is 2.27. The monoisotopic (exact) mass is 421 g/mol. The van der Waals surface area contributed by atoms with Crippen LogP contribution in [0, 0.1) is 13.8 Å². The molecule has 8 nitrogen and oxygen atoms in total. The van der Waals surface area contributed by atoms with Gasteiger partial charge in [0.2, 0.25) is 5.13 Å². The molecule has 1 atom stereocenters. The molecule has 4 aromatic rings. The highest BCUT2D eigenvalue weighted by atomic mass is 32.1. The first-order chi connectivity index (χ1) is 14.7. The molecule has 1 aliphatic heterocycles. The summed E-state index contributed by atoms with van der Waals surface area (Å²) < 4.78 is 8.29. The van der Waals surface area contributed by atoms with Crippen LogP contribution in [0.15, 0.2) is 36.7 Å². The molecular weight excluding hydrogens is 398 g/mol. The summed E-state index contributed by atoms with van der Waals surface area (Å²) in [5, 5.41) is 12.0. The van der Waals surface area contributed by atoms with E-state index in [1.807, 2.05) is 36.0 Å². The minimum absolute atomic E-state index is 0.407. The van der Waals surface area contributed by atoms with Crippen LogP contribution < -0.4 is 10.6 Å². The number of aryl methyl sites for hydroxylation is 2. The van der Waals surface area contributed by atoms with Gasteiger partial charge in [0, 0.05) is 43.3 Å². The number of anilines is 2. The molecular formula is C21H23N7OS. The SMILES string of the molecule is Cc1ccc(Nc2cc3nc(-n4nccc4C)sc3cn2)nc1CN[C@@H]1CCOC1. The third kappa shape index (κ3) is 3.91. The number of nitrogens with zero attached hydrogens (tertiary/aromatic N) is 5. The molecule has 0 radical (unpaired) electrons. The second kappa shape index (κ2) is 8.10. The minimum atomic E-state index is 0.407. The molecule has 0 spiro atoms. The van der Waals surface area contributed by atoms with Crippen LogP contribution >= 0.6 is 11.3 Å². The summed E-state index contributed by atoms with van der Waals surface area (Å²) in [6.45, 7) is 6.42. The maximum Gasteiger partial charge on any atom is 0.211 e. The average Bonchev–Trinajstić information content (AvgIpc) is 3.48.